The van der Waals surface area contributed by atoms with Crippen LogP contribution in [0.25, 0.3) is 0 Å². The zero-order chi connectivity index (χ0) is 8.23. The van der Waals surface area contributed by atoms with Crippen LogP contribution in [-0.4, -0.2) is 15.0 Å². The van der Waals surface area contributed by atoms with Gasteiger partial charge in [-0.05, 0) is 0 Å². The third-order valence-corrected chi connectivity index (χ3v) is 1.60. The third kappa shape index (κ3) is 3.32. The summed E-state index contributed by atoms with van der Waals surface area (Å²) in [6.07, 6.45) is 3.52. The van der Waals surface area contributed by atoms with Crippen molar-refractivity contribution in [2.24, 2.45) is 0 Å². The Morgan fingerprint density at radius 2 is 2.08 bits per heavy atom. The SMILES string of the molecule is [K+].[c-]1ccc(Cn2ccnn2)cc1. The van der Waals surface area contributed by atoms with E-state index in [9.17, 15) is 0 Å². The second-order valence-corrected chi connectivity index (χ2v) is 2.51. The first kappa shape index (κ1) is 11.1. The van der Waals surface area contributed by atoms with Crippen molar-refractivity contribution in [1.82, 2.24) is 15.0 Å². The van der Waals surface area contributed by atoms with E-state index in [-0.39, 0.29) is 51.4 Å². The Labute approximate surface area is 120 Å². The number of benzene rings is 1. The van der Waals surface area contributed by atoms with Gasteiger partial charge in [0.25, 0.3) is 0 Å². The molecule has 4 heteroatoms. The summed E-state index contributed by atoms with van der Waals surface area (Å²) >= 11 is 0. The van der Waals surface area contributed by atoms with Crippen molar-refractivity contribution in [3.63, 3.8) is 0 Å². The molecule has 0 aliphatic heterocycles. The molecule has 0 amide bonds. The van der Waals surface area contributed by atoms with Crippen LogP contribution in [0.2, 0.25) is 0 Å². The van der Waals surface area contributed by atoms with E-state index in [4.69, 9.17) is 0 Å². The van der Waals surface area contributed by atoms with E-state index in [0.29, 0.717) is 0 Å². The van der Waals surface area contributed by atoms with E-state index >= 15 is 0 Å². The van der Waals surface area contributed by atoms with Crippen molar-refractivity contribution >= 4 is 0 Å². The fraction of sp³-hybridized carbons (Fsp3) is 0.111. The minimum Gasteiger partial charge on any atom is -0.250 e. The van der Waals surface area contributed by atoms with Crippen LogP contribution < -0.4 is 51.4 Å². The zero-order valence-electron chi connectivity index (χ0n) is 7.51. The van der Waals surface area contributed by atoms with E-state index in [1.54, 1.807) is 10.9 Å². The summed E-state index contributed by atoms with van der Waals surface area (Å²) in [7, 11) is 0. The van der Waals surface area contributed by atoms with E-state index in [2.05, 4.69) is 16.4 Å². The topological polar surface area (TPSA) is 30.7 Å². The normalized spacial score (nSPS) is 9.23. The van der Waals surface area contributed by atoms with Crippen LogP contribution in [0.5, 0.6) is 0 Å². The van der Waals surface area contributed by atoms with Gasteiger partial charge in [-0.2, -0.15) is 30.3 Å². The summed E-state index contributed by atoms with van der Waals surface area (Å²) in [4.78, 5) is 0. The first-order valence-corrected chi connectivity index (χ1v) is 3.74. The Morgan fingerprint density at radius 1 is 1.31 bits per heavy atom. The molecule has 1 aromatic carbocycles. The molecule has 0 aliphatic rings. The first-order valence-electron chi connectivity index (χ1n) is 3.74. The molecule has 2 rings (SSSR count). The quantitative estimate of drug-likeness (QED) is 0.417. The molecule has 0 atom stereocenters. The van der Waals surface area contributed by atoms with Crippen molar-refractivity contribution in [2.75, 3.05) is 0 Å². The Balaban J connectivity index is 0.000000845. The van der Waals surface area contributed by atoms with Crippen LogP contribution in [0, 0.1) is 6.07 Å². The molecule has 0 aliphatic carbocycles. The summed E-state index contributed by atoms with van der Waals surface area (Å²) in [5.74, 6) is 0. The van der Waals surface area contributed by atoms with Crippen molar-refractivity contribution in [3.8, 4) is 0 Å². The third-order valence-electron chi connectivity index (χ3n) is 1.60. The van der Waals surface area contributed by atoms with Gasteiger partial charge >= 0.3 is 51.4 Å². The van der Waals surface area contributed by atoms with Gasteiger partial charge in [0, 0.05) is 12.7 Å². The van der Waals surface area contributed by atoms with E-state index in [1.807, 2.05) is 30.5 Å². The monoisotopic (exact) mass is 197 g/mol. The number of rotatable bonds is 2. The fourth-order valence-corrected chi connectivity index (χ4v) is 1.03. The molecule has 60 valence electrons. The summed E-state index contributed by atoms with van der Waals surface area (Å²) in [6, 6.07) is 10.8. The van der Waals surface area contributed by atoms with Crippen LogP contribution in [-0.2, 0) is 6.54 Å². The predicted octanol–water partition coefficient (Wildman–Crippen LogP) is -1.87. The molecular weight excluding hydrogens is 189 g/mol. The Hall–Kier alpha value is -0.00364. The largest absolute Gasteiger partial charge is 1.00 e. The summed E-state index contributed by atoms with van der Waals surface area (Å²) in [6.45, 7) is 0.772. The summed E-state index contributed by atoms with van der Waals surface area (Å²) < 4.78 is 1.79. The fourth-order valence-electron chi connectivity index (χ4n) is 1.03. The molecule has 0 unspecified atom stereocenters. The second kappa shape index (κ2) is 5.67. The smallest absolute Gasteiger partial charge is 0.250 e. The van der Waals surface area contributed by atoms with E-state index in [1.165, 1.54) is 5.56 Å². The van der Waals surface area contributed by atoms with Gasteiger partial charge < -0.3 is 0 Å². The standard InChI is InChI=1S/C9H8N3.K/c1-2-4-9(5-3-1)8-12-7-6-10-11-12;/h2-7H,8H2;/q-1;+1. The number of hydrogen-bond donors (Lipinski definition) is 0. The first-order chi connectivity index (χ1) is 5.95. The molecular formula is C9H8KN3. The maximum absolute atomic E-state index is 3.87. The van der Waals surface area contributed by atoms with Gasteiger partial charge in [0.1, 0.15) is 0 Å². The molecule has 13 heavy (non-hydrogen) atoms. The van der Waals surface area contributed by atoms with Crippen molar-refractivity contribution in [2.45, 2.75) is 6.54 Å². The van der Waals surface area contributed by atoms with E-state index < -0.39 is 0 Å². The molecule has 1 heterocycles. The van der Waals surface area contributed by atoms with Crippen molar-refractivity contribution < 1.29 is 51.4 Å². The average Bonchev–Trinajstić information content (AvgIpc) is 2.59. The molecule has 0 radical (unpaired) electrons. The molecule has 2 aromatic rings. The predicted molar refractivity (Wildman–Crippen MR) is 44.4 cm³/mol. The van der Waals surface area contributed by atoms with Crippen LogP contribution in [0.1, 0.15) is 5.56 Å². The van der Waals surface area contributed by atoms with Gasteiger partial charge in [-0.25, -0.2) is 0 Å². The number of nitrogens with zero attached hydrogens (tertiary/aromatic N) is 3. The summed E-state index contributed by atoms with van der Waals surface area (Å²) in [5.41, 5.74) is 1.21. The van der Waals surface area contributed by atoms with Crippen LogP contribution in [0.15, 0.2) is 36.7 Å². The van der Waals surface area contributed by atoms with Crippen molar-refractivity contribution in [1.29, 1.82) is 0 Å². The minimum atomic E-state index is 0. The van der Waals surface area contributed by atoms with Gasteiger partial charge in [0.05, 0.1) is 6.20 Å². The molecule has 0 saturated carbocycles. The second-order valence-electron chi connectivity index (χ2n) is 2.51. The van der Waals surface area contributed by atoms with Crippen molar-refractivity contribution in [3.05, 3.63) is 48.3 Å². The minimum absolute atomic E-state index is 0. The summed E-state index contributed by atoms with van der Waals surface area (Å²) in [5, 5.41) is 7.59. The van der Waals surface area contributed by atoms with E-state index in [0.717, 1.165) is 6.54 Å². The zero-order valence-corrected chi connectivity index (χ0v) is 10.6. The Kier molecular flexibility index (Phi) is 4.83. The maximum atomic E-state index is 3.87. The Morgan fingerprint density at radius 3 is 2.69 bits per heavy atom. The number of hydrogen-bond acceptors (Lipinski definition) is 2. The molecule has 0 spiro atoms. The molecule has 0 fully saturated rings. The maximum Gasteiger partial charge on any atom is 1.00 e. The van der Waals surface area contributed by atoms with Crippen LogP contribution in [0.4, 0.5) is 0 Å². The van der Waals surface area contributed by atoms with Gasteiger partial charge in [0.2, 0.25) is 0 Å². The molecule has 0 saturated heterocycles. The molecule has 0 N–H and O–H groups in total. The molecule has 3 nitrogen and oxygen atoms in total. The van der Waals surface area contributed by atoms with Gasteiger partial charge in [-0.3, -0.25) is 4.68 Å². The van der Waals surface area contributed by atoms with Gasteiger partial charge in [0.15, 0.2) is 0 Å². The molecule has 0 bridgehead atoms. The van der Waals surface area contributed by atoms with Gasteiger partial charge in [-0.15, -0.1) is 10.7 Å². The Bertz CT molecular complexity index is 331. The average molecular weight is 197 g/mol. The van der Waals surface area contributed by atoms with Gasteiger partial charge in [-0.1, -0.05) is 5.21 Å². The molecule has 1 aromatic heterocycles. The van der Waals surface area contributed by atoms with Crippen LogP contribution in [0.3, 0.4) is 0 Å². The van der Waals surface area contributed by atoms with Crippen LogP contribution >= 0.6 is 0 Å². The number of aromatic nitrogens is 3.